The highest BCUT2D eigenvalue weighted by Crippen LogP contribution is 2.08. The number of nitrogens with one attached hydrogen (secondary N) is 1. The van der Waals surface area contributed by atoms with Gasteiger partial charge in [0.2, 0.25) is 0 Å². The van der Waals surface area contributed by atoms with Crippen molar-refractivity contribution in [1.29, 1.82) is 0 Å². The van der Waals surface area contributed by atoms with E-state index in [4.69, 9.17) is 4.74 Å². The number of morpholine rings is 1. The molecule has 0 aromatic rings. The number of hydrogen-bond donors (Lipinski definition) is 1. The summed E-state index contributed by atoms with van der Waals surface area (Å²) in [4.78, 5) is 2.57. The van der Waals surface area contributed by atoms with Crippen molar-refractivity contribution in [3.8, 4) is 0 Å². The zero-order valence-electron chi connectivity index (χ0n) is 9.59. The van der Waals surface area contributed by atoms with Crippen molar-refractivity contribution in [1.82, 2.24) is 10.2 Å². The van der Waals surface area contributed by atoms with Crippen LogP contribution in [0.3, 0.4) is 0 Å². The molecule has 1 aliphatic heterocycles. The summed E-state index contributed by atoms with van der Waals surface area (Å²) in [5.74, 6) is 0. The fraction of sp³-hybridized carbons (Fsp3) is 1.00. The summed E-state index contributed by atoms with van der Waals surface area (Å²) in [6.07, 6.45) is 2.57. The summed E-state index contributed by atoms with van der Waals surface area (Å²) in [5.41, 5.74) is 0. The van der Waals surface area contributed by atoms with Gasteiger partial charge in [0.05, 0.1) is 13.2 Å². The van der Waals surface area contributed by atoms with Gasteiger partial charge in [-0.05, 0) is 13.0 Å². The molecule has 3 heteroatoms. The van der Waals surface area contributed by atoms with E-state index in [2.05, 4.69) is 24.1 Å². The molecule has 0 aromatic carbocycles. The Kier molecular flexibility index (Phi) is 6.15. The normalized spacial score (nSPS) is 21.0. The van der Waals surface area contributed by atoms with Gasteiger partial charge in [-0.15, -0.1) is 0 Å². The predicted octanol–water partition coefficient (Wildman–Crippen LogP) is 1.10. The second kappa shape index (κ2) is 7.21. The van der Waals surface area contributed by atoms with Gasteiger partial charge in [0.1, 0.15) is 0 Å². The summed E-state index contributed by atoms with van der Waals surface area (Å²) in [6, 6.07) is 0.712. The molecule has 0 radical (unpaired) electrons. The van der Waals surface area contributed by atoms with Crippen molar-refractivity contribution in [3.05, 3.63) is 0 Å². The standard InChI is InChI=1S/C11H24N2O/c1-3-5-11(10-12-4-2)13-6-8-14-9-7-13/h11-12H,3-10H2,1-2H3. The van der Waals surface area contributed by atoms with Crippen LogP contribution in [0, 0.1) is 0 Å². The molecule has 1 saturated heterocycles. The van der Waals surface area contributed by atoms with Gasteiger partial charge in [0, 0.05) is 25.7 Å². The highest BCUT2D eigenvalue weighted by Gasteiger charge is 2.19. The first-order chi connectivity index (χ1) is 6.88. The van der Waals surface area contributed by atoms with E-state index in [1.54, 1.807) is 0 Å². The first-order valence-electron chi connectivity index (χ1n) is 5.91. The number of nitrogens with zero attached hydrogens (tertiary/aromatic N) is 1. The average molecular weight is 200 g/mol. The lowest BCUT2D eigenvalue weighted by atomic mass is 10.1. The van der Waals surface area contributed by atoms with Crippen LogP contribution >= 0.6 is 0 Å². The van der Waals surface area contributed by atoms with E-state index in [1.165, 1.54) is 12.8 Å². The van der Waals surface area contributed by atoms with Gasteiger partial charge in [-0.1, -0.05) is 20.3 Å². The summed E-state index contributed by atoms with van der Waals surface area (Å²) in [6.45, 7) is 10.7. The lowest BCUT2D eigenvalue weighted by Crippen LogP contribution is -2.47. The summed E-state index contributed by atoms with van der Waals surface area (Å²) >= 11 is 0. The third-order valence-corrected chi connectivity index (χ3v) is 2.81. The van der Waals surface area contributed by atoms with Gasteiger partial charge >= 0.3 is 0 Å². The molecule has 0 saturated carbocycles. The first-order valence-corrected chi connectivity index (χ1v) is 5.91. The van der Waals surface area contributed by atoms with E-state index < -0.39 is 0 Å². The molecule has 3 nitrogen and oxygen atoms in total. The number of likely N-dealkylation sites (N-methyl/N-ethyl adjacent to an activating group) is 1. The van der Waals surface area contributed by atoms with Crippen molar-refractivity contribution in [2.45, 2.75) is 32.7 Å². The lowest BCUT2D eigenvalue weighted by Gasteiger charge is -2.34. The zero-order valence-corrected chi connectivity index (χ0v) is 9.59. The fourth-order valence-corrected chi connectivity index (χ4v) is 2.00. The Hall–Kier alpha value is -0.120. The molecule has 0 aliphatic carbocycles. The molecule has 0 spiro atoms. The van der Waals surface area contributed by atoms with Gasteiger partial charge in [-0.2, -0.15) is 0 Å². The van der Waals surface area contributed by atoms with Crippen molar-refractivity contribution in [2.24, 2.45) is 0 Å². The average Bonchev–Trinajstić information content (AvgIpc) is 2.25. The van der Waals surface area contributed by atoms with E-state index in [-0.39, 0.29) is 0 Å². The molecule has 1 rings (SSSR count). The minimum absolute atomic E-state index is 0.712. The molecule has 1 heterocycles. The molecule has 0 aromatic heterocycles. The molecule has 0 amide bonds. The maximum absolute atomic E-state index is 5.37. The smallest absolute Gasteiger partial charge is 0.0594 e. The molecule has 0 bridgehead atoms. The van der Waals surface area contributed by atoms with Gasteiger partial charge < -0.3 is 10.1 Å². The molecule has 1 unspecified atom stereocenters. The minimum atomic E-state index is 0.712. The van der Waals surface area contributed by atoms with E-state index in [0.717, 1.165) is 39.4 Å². The summed E-state index contributed by atoms with van der Waals surface area (Å²) in [5, 5.41) is 3.45. The minimum Gasteiger partial charge on any atom is -0.379 e. The van der Waals surface area contributed by atoms with Gasteiger partial charge in [-0.3, -0.25) is 4.90 Å². The third-order valence-electron chi connectivity index (χ3n) is 2.81. The van der Waals surface area contributed by atoms with Crippen LogP contribution in [0.1, 0.15) is 26.7 Å². The molecule has 1 fully saturated rings. The molecule has 1 atom stereocenters. The van der Waals surface area contributed by atoms with Crippen LogP contribution in [0.15, 0.2) is 0 Å². The maximum atomic E-state index is 5.37. The second-order valence-electron chi connectivity index (χ2n) is 3.90. The summed E-state index contributed by atoms with van der Waals surface area (Å²) < 4.78 is 5.37. The molecular formula is C11H24N2O. The number of hydrogen-bond acceptors (Lipinski definition) is 3. The number of ether oxygens (including phenoxy) is 1. The Morgan fingerprint density at radius 2 is 2.00 bits per heavy atom. The predicted molar refractivity (Wildman–Crippen MR) is 59.6 cm³/mol. The van der Waals surface area contributed by atoms with Crippen LogP contribution < -0.4 is 5.32 Å². The fourth-order valence-electron chi connectivity index (χ4n) is 2.00. The topological polar surface area (TPSA) is 24.5 Å². The van der Waals surface area contributed by atoms with Crippen molar-refractivity contribution in [2.75, 3.05) is 39.4 Å². The molecular weight excluding hydrogens is 176 g/mol. The van der Waals surface area contributed by atoms with Gasteiger partial charge in [-0.25, -0.2) is 0 Å². The largest absolute Gasteiger partial charge is 0.379 e. The van der Waals surface area contributed by atoms with Crippen LogP contribution in [-0.4, -0.2) is 50.3 Å². The van der Waals surface area contributed by atoms with E-state index in [0.29, 0.717) is 6.04 Å². The zero-order chi connectivity index (χ0) is 10.2. The molecule has 1 N–H and O–H groups in total. The maximum Gasteiger partial charge on any atom is 0.0594 e. The third kappa shape index (κ3) is 3.95. The van der Waals surface area contributed by atoms with Crippen molar-refractivity contribution >= 4 is 0 Å². The van der Waals surface area contributed by atoms with Crippen LogP contribution in [0.5, 0.6) is 0 Å². The second-order valence-corrected chi connectivity index (χ2v) is 3.90. The van der Waals surface area contributed by atoms with Crippen molar-refractivity contribution < 1.29 is 4.74 Å². The highest BCUT2D eigenvalue weighted by atomic mass is 16.5. The van der Waals surface area contributed by atoms with Gasteiger partial charge in [0.25, 0.3) is 0 Å². The van der Waals surface area contributed by atoms with Crippen LogP contribution in [0.2, 0.25) is 0 Å². The Labute approximate surface area is 87.8 Å². The van der Waals surface area contributed by atoms with Crippen molar-refractivity contribution in [3.63, 3.8) is 0 Å². The molecule has 1 aliphatic rings. The van der Waals surface area contributed by atoms with Gasteiger partial charge in [0.15, 0.2) is 0 Å². The molecule has 14 heavy (non-hydrogen) atoms. The van der Waals surface area contributed by atoms with E-state index in [1.807, 2.05) is 0 Å². The SMILES string of the molecule is CCCC(CNCC)N1CCOCC1. The highest BCUT2D eigenvalue weighted by molar-refractivity contribution is 4.75. The Balaban J connectivity index is 2.30. The van der Waals surface area contributed by atoms with Crippen LogP contribution in [0.4, 0.5) is 0 Å². The monoisotopic (exact) mass is 200 g/mol. The lowest BCUT2D eigenvalue weighted by molar-refractivity contribution is 0.0148. The number of rotatable bonds is 6. The summed E-state index contributed by atoms with van der Waals surface area (Å²) in [7, 11) is 0. The van der Waals surface area contributed by atoms with E-state index in [9.17, 15) is 0 Å². The van der Waals surface area contributed by atoms with E-state index >= 15 is 0 Å². The Morgan fingerprint density at radius 3 is 2.57 bits per heavy atom. The Morgan fingerprint density at radius 1 is 1.29 bits per heavy atom. The van der Waals surface area contributed by atoms with Crippen LogP contribution in [-0.2, 0) is 4.74 Å². The molecule has 84 valence electrons. The quantitative estimate of drug-likeness (QED) is 0.695. The Bertz CT molecular complexity index is 135. The van der Waals surface area contributed by atoms with Crippen LogP contribution in [0.25, 0.3) is 0 Å². The first kappa shape index (κ1) is 12.0.